The van der Waals surface area contributed by atoms with E-state index in [4.69, 9.17) is 14.9 Å². The summed E-state index contributed by atoms with van der Waals surface area (Å²) in [6.45, 7) is 0. The van der Waals surface area contributed by atoms with E-state index in [1.807, 2.05) is 0 Å². The number of hydrogen-bond acceptors (Lipinski definition) is 7. The highest BCUT2D eigenvalue weighted by Gasteiger charge is 2.41. The van der Waals surface area contributed by atoms with Crippen molar-refractivity contribution in [2.75, 3.05) is 7.11 Å². The first-order chi connectivity index (χ1) is 10.7. The van der Waals surface area contributed by atoms with Crippen molar-refractivity contribution in [1.82, 2.24) is 0 Å². The van der Waals surface area contributed by atoms with Crippen molar-refractivity contribution in [2.24, 2.45) is 0 Å². The molecule has 1 atom stereocenters. The predicted molar refractivity (Wildman–Crippen MR) is 72.9 cm³/mol. The number of hydrogen-bond donors (Lipinski definition) is 3. The molecule has 0 bridgehead atoms. The largest absolute Gasteiger partial charge is 0.481 e. The second-order valence-corrected chi connectivity index (χ2v) is 4.57. The van der Waals surface area contributed by atoms with Crippen LogP contribution in [0, 0.1) is 0 Å². The van der Waals surface area contributed by atoms with Crippen LogP contribution in [0.5, 0.6) is 5.75 Å². The van der Waals surface area contributed by atoms with Crippen LogP contribution in [0.3, 0.4) is 0 Å². The molecule has 0 aromatic heterocycles. The molecule has 0 saturated heterocycles. The number of aliphatic carboxylic acids is 2. The van der Waals surface area contributed by atoms with Crippen molar-refractivity contribution in [2.45, 2.75) is 18.4 Å². The monoisotopic (exact) mass is 326 g/mol. The molecule has 0 aliphatic carbocycles. The van der Waals surface area contributed by atoms with Crippen molar-refractivity contribution in [3.63, 3.8) is 0 Å². The molecule has 1 rings (SSSR count). The Morgan fingerprint density at radius 1 is 1.04 bits per heavy atom. The summed E-state index contributed by atoms with van der Waals surface area (Å²) in [5.41, 5.74) is -2.56. The molecule has 0 aliphatic heterocycles. The molecule has 1 unspecified atom stereocenters. The summed E-state index contributed by atoms with van der Waals surface area (Å²) in [5, 5.41) is 27.1. The number of esters is 2. The Labute approximate surface area is 130 Å². The minimum atomic E-state index is -2.77. The SMILES string of the molecule is COC(=O)c1ccc(OC(=O)CC(O)(CC(=O)O)C(=O)O)cc1. The van der Waals surface area contributed by atoms with Crippen molar-refractivity contribution in [1.29, 1.82) is 0 Å². The lowest BCUT2D eigenvalue weighted by atomic mass is 9.96. The van der Waals surface area contributed by atoms with Gasteiger partial charge in [0.1, 0.15) is 5.75 Å². The van der Waals surface area contributed by atoms with E-state index >= 15 is 0 Å². The van der Waals surface area contributed by atoms with Crippen LogP contribution in [0.25, 0.3) is 0 Å². The smallest absolute Gasteiger partial charge is 0.337 e. The van der Waals surface area contributed by atoms with Crippen LogP contribution in [-0.2, 0) is 19.1 Å². The van der Waals surface area contributed by atoms with Gasteiger partial charge in [-0.1, -0.05) is 0 Å². The fourth-order valence-electron chi connectivity index (χ4n) is 1.65. The van der Waals surface area contributed by atoms with E-state index in [9.17, 15) is 24.3 Å². The maximum absolute atomic E-state index is 11.7. The van der Waals surface area contributed by atoms with E-state index in [1.54, 1.807) is 0 Å². The van der Waals surface area contributed by atoms with Crippen molar-refractivity contribution in [3.05, 3.63) is 29.8 Å². The Bertz CT molecular complexity index is 620. The van der Waals surface area contributed by atoms with E-state index in [1.165, 1.54) is 31.4 Å². The van der Waals surface area contributed by atoms with Gasteiger partial charge < -0.3 is 24.8 Å². The lowest BCUT2D eigenvalue weighted by molar-refractivity contribution is -0.169. The number of carboxylic acid groups (broad SMARTS) is 2. The molecule has 0 radical (unpaired) electrons. The minimum Gasteiger partial charge on any atom is -0.481 e. The molecule has 9 nitrogen and oxygen atoms in total. The normalized spacial score (nSPS) is 12.8. The third-order valence-electron chi connectivity index (χ3n) is 2.79. The summed E-state index contributed by atoms with van der Waals surface area (Å²) >= 11 is 0. The van der Waals surface area contributed by atoms with Gasteiger partial charge in [-0.3, -0.25) is 9.59 Å². The number of carbonyl (C=O) groups is 4. The van der Waals surface area contributed by atoms with E-state index in [0.717, 1.165) is 0 Å². The highest BCUT2D eigenvalue weighted by Crippen LogP contribution is 2.19. The average molecular weight is 326 g/mol. The van der Waals surface area contributed by atoms with Crippen LogP contribution in [0.2, 0.25) is 0 Å². The van der Waals surface area contributed by atoms with Crippen molar-refractivity contribution >= 4 is 23.9 Å². The number of benzene rings is 1. The molecule has 0 fully saturated rings. The van der Waals surface area contributed by atoms with Gasteiger partial charge in [-0.25, -0.2) is 9.59 Å². The number of aliphatic hydroxyl groups is 1. The first-order valence-electron chi connectivity index (χ1n) is 6.24. The molecule has 1 aromatic carbocycles. The van der Waals surface area contributed by atoms with E-state index in [-0.39, 0.29) is 11.3 Å². The maximum Gasteiger partial charge on any atom is 0.337 e. The quantitative estimate of drug-likeness (QED) is 0.467. The van der Waals surface area contributed by atoms with E-state index in [0.29, 0.717) is 0 Å². The summed E-state index contributed by atoms with van der Waals surface area (Å²) in [4.78, 5) is 44.4. The molecule has 9 heteroatoms. The summed E-state index contributed by atoms with van der Waals surface area (Å²) in [5.74, 6) is -5.17. The first-order valence-corrected chi connectivity index (χ1v) is 6.24. The van der Waals surface area contributed by atoms with Gasteiger partial charge in [-0.05, 0) is 24.3 Å². The molecular formula is C14H14O9. The minimum absolute atomic E-state index is 0.00860. The zero-order chi connectivity index (χ0) is 17.6. The highest BCUT2D eigenvalue weighted by molar-refractivity contribution is 5.90. The van der Waals surface area contributed by atoms with Gasteiger partial charge in [0.15, 0.2) is 5.60 Å². The zero-order valence-corrected chi connectivity index (χ0v) is 12.0. The number of methoxy groups -OCH3 is 1. The standard InChI is InChI=1S/C14H14O9/c1-22-12(18)8-2-4-9(5-3-8)23-11(17)7-14(21,13(19)20)6-10(15)16/h2-5,21H,6-7H2,1H3,(H,15,16)(H,19,20). The molecule has 0 aliphatic rings. The number of carbonyl (C=O) groups excluding carboxylic acids is 2. The van der Waals surface area contributed by atoms with Gasteiger partial charge in [-0.2, -0.15) is 0 Å². The van der Waals surface area contributed by atoms with Gasteiger partial charge in [0.05, 0.1) is 25.5 Å². The lowest BCUT2D eigenvalue weighted by Gasteiger charge is -2.20. The second kappa shape index (κ2) is 7.36. The third-order valence-corrected chi connectivity index (χ3v) is 2.79. The Hall–Kier alpha value is -2.94. The van der Waals surface area contributed by atoms with Crippen LogP contribution < -0.4 is 4.74 Å². The van der Waals surface area contributed by atoms with Crippen molar-refractivity contribution in [3.8, 4) is 5.75 Å². The first kappa shape index (κ1) is 18.1. The molecule has 0 saturated carbocycles. The molecule has 0 amide bonds. The summed E-state index contributed by atoms with van der Waals surface area (Å²) in [6.07, 6.45) is -2.20. The van der Waals surface area contributed by atoms with Crippen LogP contribution in [-0.4, -0.2) is 51.9 Å². The Morgan fingerprint density at radius 3 is 2.04 bits per heavy atom. The second-order valence-electron chi connectivity index (χ2n) is 4.57. The molecular weight excluding hydrogens is 312 g/mol. The zero-order valence-electron chi connectivity index (χ0n) is 12.0. The number of rotatable bonds is 7. The van der Waals surface area contributed by atoms with E-state index < -0.39 is 42.3 Å². The predicted octanol–water partition coefficient (Wildman–Crippen LogP) is 0.0591. The molecule has 124 valence electrons. The average Bonchev–Trinajstić information content (AvgIpc) is 2.45. The van der Waals surface area contributed by atoms with Crippen LogP contribution in [0.1, 0.15) is 23.2 Å². The molecule has 3 N–H and O–H groups in total. The van der Waals surface area contributed by atoms with Crippen LogP contribution in [0.15, 0.2) is 24.3 Å². The van der Waals surface area contributed by atoms with Crippen molar-refractivity contribution < 1.29 is 44.0 Å². The van der Waals surface area contributed by atoms with Crippen LogP contribution >= 0.6 is 0 Å². The Balaban J connectivity index is 2.77. The van der Waals surface area contributed by atoms with Gasteiger partial charge >= 0.3 is 23.9 Å². The highest BCUT2D eigenvalue weighted by atomic mass is 16.5. The molecule has 1 aromatic rings. The van der Waals surface area contributed by atoms with Gasteiger partial charge in [0.25, 0.3) is 0 Å². The van der Waals surface area contributed by atoms with Gasteiger partial charge in [0, 0.05) is 0 Å². The lowest BCUT2D eigenvalue weighted by Crippen LogP contribution is -2.43. The summed E-state index contributed by atoms with van der Waals surface area (Å²) in [7, 11) is 1.20. The molecule has 0 spiro atoms. The number of carboxylic acids is 2. The van der Waals surface area contributed by atoms with E-state index in [2.05, 4.69) is 4.74 Å². The number of ether oxygens (including phenoxy) is 2. The summed E-state index contributed by atoms with van der Waals surface area (Å²) < 4.78 is 9.29. The maximum atomic E-state index is 11.7. The Kier molecular flexibility index (Phi) is 5.80. The third kappa shape index (κ3) is 5.08. The Morgan fingerprint density at radius 2 is 1.61 bits per heavy atom. The molecule has 23 heavy (non-hydrogen) atoms. The topological polar surface area (TPSA) is 147 Å². The van der Waals surface area contributed by atoms with Gasteiger partial charge in [-0.15, -0.1) is 0 Å². The van der Waals surface area contributed by atoms with Gasteiger partial charge in [0.2, 0.25) is 0 Å². The van der Waals surface area contributed by atoms with Crippen LogP contribution in [0.4, 0.5) is 0 Å². The fraction of sp³-hybridized carbons (Fsp3) is 0.286. The summed E-state index contributed by atoms with van der Waals surface area (Å²) in [6, 6.07) is 5.16. The molecule has 0 heterocycles. The fourth-order valence-corrected chi connectivity index (χ4v) is 1.65.